The molecule has 1 aliphatic heterocycles. The smallest absolute Gasteiger partial charge is 0.228 e. The molecule has 1 aliphatic carbocycles. The average Bonchev–Trinajstić information content (AvgIpc) is 2.80. The molecule has 1 heterocycles. The molecule has 0 aromatic heterocycles. The number of hydrogen-bond acceptors (Lipinski definition) is 3. The SMILES string of the molecule is N=C1C=C(S)C([CH]CCc2cc3c(cc2Cl)NC(=O)C3)=CC1. The summed E-state index contributed by atoms with van der Waals surface area (Å²) in [6, 6.07) is 3.86. The zero-order chi connectivity index (χ0) is 15.7. The third-order valence-corrected chi connectivity index (χ3v) is 4.56. The molecule has 0 fully saturated rings. The Morgan fingerprint density at radius 2 is 2.23 bits per heavy atom. The fraction of sp³-hybridized carbons (Fsp3) is 0.235. The van der Waals surface area contributed by atoms with Crippen LogP contribution < -0.4 is 5.32 Å². The van der Waals surface area contributed by atoms with Crippen molar-refractivity contribution in [3.63, 3.8) is 0 Å². The lowest BCUT2D eigenvalue weighted by Crippen LogP contribution is -2.03. The van der Waals surface area contributed by atoms with Gasteiger partial charge < -0.3 is 10.7 Å². The van der Waals surface area contributed by atoms with Crippen LogP contribution in [0.3, 0.4) is 0 Å². The molecule has 0 unspecified atom stereocenters. The minimum Gasteiger partial charge on any atom is -0.325 e. The molecule has 0 bridgehead atoms. The largest absolute Gasteiger partial charge is 0.325 e. The lowest BCUT2D eigenvalue weighted by molar-refractivity contribution is -0.115. The number of carbonyl (C=O) groups excluding carboxylic acids is 1. The number of allylic oxidation sites excluding steroid dienone is 3. The number of hydrogen-bond donors (Lipinski definition) is 3. The summed E-state index contributed by atoms with van der Waals surface area (Å²) in [7, 11) is 0. The van der Waals surface area contributed by atoms with E-state index in [9.17, 15) is 4.79 Å². The number of benzene rings is 1. The van der Waals surface area contributed by atoms with Gasteiger partial charge >= 0.3 is 0 Å². The molecule has 1 aromatic rings. The fourth-order valence-corrected chi connectivity index (χ4v) is 3.29. The standard InChI is InChI=1S/C17H16ClN2OS/c18-14-9-15-12(7-17(21)20-15)6-11(14)3-1-2-10-4-5-13(19)8-16(10)22/h2,4,6,8-9,19,22H,1,3,5,7H2,(H,20,21). The van der Waals surface area contributed by atoms with Gasteiger partial charge in [-0.3, -0.25) is 4.79 Å². The van der Waals surface area contributed by atoms with E-state index in [4.69, 9.17) is 17.0 Å². The van der Waals surface area contributed by atoms with Crippen molar-refractivity contribution in [3.8, 4) is 0 Å². The summed E-state index contributed by atoms with van der Waals surface area (Å²) in [5.74, 6) is 0.0226. The number of rotatable bonds is 4. The number of thiol groups is 1. The summed E-state index contributed by atoms with van der Waals surface area (Å²) >= 11 is 10.7. The Bertz CT molecular complexity index is 722. The van der Waals surface area contributed by atoms with Crippen LogP contribution in [0.1, 0.15) is 24.0 Å². The van der Waals surface area contributed by atoms with Gasteiger partial charge in [-0.1, -0.05) is 23.7 Å². The molecular weight excluding hydrogens is 316 g/mol. The molecule has 5 heteroatoms. The second-order valence-corrected chi connectivity index (χ2v) is 6.38. The summed E-state index contributed by atoms with van der Waals surface area (Å²) in [4.78, 5) is 12.2. The zero-order valence-corrected chi connectivity index (χ0v) is 13.6. The Kier molecular flexibility index (Phi) is 4.41. The molecule has 22 heavy (non-hydrogen) atoms. The Balaban J connectivity index is 1.63. The maximum absolute atomic E-state index is 11.4. The van der Waals surface area contributed by atoms with Crippen LogP contribution in [0, 0.1) is 11.8 Å². The van der Waals surface area contributed by atoms with Gasteiger partial charge in [0.2, 0.25) is 5.91 Å². The van der Waals surface area contributed by atoms with E-state index in [2.05, 4.69) is 24.4 Å². The van der Waals surface area contributed by atoms with Crippen molar-refractivity contribution >= 4 is 41.5 Å². The first kappa shape index (κ1) is 15.4. The van der Waals surface area contributed by atoms with Gasteiger partial charge in [0, 0.05) is 27.7 Å². The van der Waals surface area contributed by atoms with Crippen LogP contribution >= 0.6 is 24.2 Å². The summed E-state index contributed by atoms with van der Waals surface area (Å²) in [5.41, 5.74) is 4.57. The summed E-state index contributed by atoms with van der Waals surface area (Å²) in [6.07, 6.45) is 8.68. The summed E-state index contributed by atoms with van der Waals surface area (Å²) < 4.78 is 0. The number of halogens is 1. The number of aryl methyl sites for hydroxylation is 1. The fourth-order valence-electron chi connectivity index (χ4n) is 2.69. The van der Waals surface area contributed by atoms with Crippen LogP contribution in [-0.4, -0.2) is 11.6 Å². The highest BCUT2D eigenvalue weighted by Gasteiger charge is 2.19. The maximum atomic E-state index is 11.4. The third-order valence-electron chi connectivity index (χ3n) is 3.82. The van der Waals surface area contributed by atoms with Crippen LogP contribution in [0.5, 0.6) is 0 Å². The summed E-state index contributed by atoms with van der Waals surface area (Å²) in [5, 5.41) is 11.1. The molecule has 0 saturated carbocycles. The van der Waals surface area contributed by atoms with E-state index in [0.29, 0.717) is 23.6 Å². The predicted octanol–water partition coefficient (Wildman–Crippen LogP) is 4.14. The van der Waals surface area contributed by atoms with E-state index in [1.807, 2.05) is 18.2 Å². The first-order chi connectivity index (χ1) is 10.5. The Hall–Kier alpha value is -1.52. The average molecular weight is 332 g/mol. The van der Waals surface area contributed by atoms with Crippen LogP contribution in [-0.2, 0) is 17.6 Å². The van der Waals surface area contributed by atoms with E-state index >= 15 is 0 Å². The number of carbonyl (C=O) groups is 1. The number of nitrogens with one attached hydrogen (secondary N) is 2. The van der Waals surface area contributed by atoms with Gasteiger partial charge in [-0.15, -0.1) is 12.6 Å². The molecule has 2 aliphatic rings. The highest BCUT2D eigenvalue weighted by atomic mass is 35.5. The molecule has 1 radical (unpaired) electrons. The van der Waals surface area contributed by atoms with Crippen LogP contribution in [0.15, 0.2) is 34.8 Å². The van der Waals surface area contributed by atoms with Crippen LogP contribution in [0.2, 0.25) is 5.02 Å². The number of anilines is 1. The van der Waals surface area contributed by atoms with E-state index in [1.165, 1.54) is 0 Å². The van der Waals surface area contributed by atoms with Gasteiger partial charge in [0.25, 0.3) is 0 Å². The highest BCUT2D eigenvalue weighted by Crippen LogP contribution is 2.31. The van der Waals surface area contributed by atoms with Crippen molar-refractivity contribution in [2.24, 2.45) is 0 Å². The second-order valence-electron chi connectivity index (χ2n) is 5.49. The second kappa shape index (κ2) is 6.31. The van der Waals surface area contributed by atoms with Crippen molar-refractivity contribution in [3.05, 3.63) is 57.3 Å². The molecule has 0 spiro atoms. The van der Waals surface area contributed by atoms with E-state index in [0.717, 1.165) is 40.1 Å². The van der Waals surface area contributed by atoms with Crippen LogP contribution in [0.25, 0.3) is 0 Å². The topological polar surface area (TPSA) is 53.0 Å². The first-order valence-corrected chi connectivity index (χ1v) is 7.98. The molecule has 0 atom stereocenters. The molecule has 113 valence electrons. The van der Waals surface area contributed by atoms with Gasteiger partial charge in [0.15, 0.2) is 0 Å². The molecule has 1 aromatic carbocycles. The summed E-state index contributed by atoms with van der Waals surface area (Å²) in [6.45, 7) is 0. The highest BCUT2D eigenvalue weighted by molar-refractivity contribution is 7.84. The Morgan fingerprint density at radius 3 is 3.00 bits per heavy atom. The molecule has 3 nitrogen and oxygen atoms in total. The molecule has 3 rings (SSSR count). The molecule has 0 saturated heterocycles. The van der Waals surface area contributed by atoms with Gasteiger partial charge in [0.05, 0.1) is 6.42 Å². The minimum atomic E-state index is 0.0226. The van der Waals surface area contributed by atoms with E-state index < -0.39 is 0 Å². The lowest BCUT2D eigenvalue weighted by atomic mass is 9.97. The van der Waals surface area contributed by atoms with Crippen molar-refractivity contribution < 1.29 is 4.79 Å². The maximum Gasteiger partial charge on any atom is 0.228 e. The predicted molar refractivity (Wildman–Crippen MR) is 93.9 cm³/mol. The van der Waals surface area contributed by atoms with Gasteiger partial charge in [-0.25, -0.2) is 0 Å². The third kappa shape index (κ3) is 3.28. The Labute approximate surface area is 140 Å². The van der Waals surface area contributed by atoms with Gasteiger partial charge in [-0.2, -0.15) is 0 Å². The van der Waals surface area contributed by atoms with Gasteiger partial charge in [-0.05, 0) is 48.1 Å². The van der Waals surface area contributed by atoms with Crippen molar-refractivity contribution in [2.45, 2.75) is 25.7 Å². The van der Waals surface area contributed by atoms with Crippen LogP contribution in [0.4, 0.5) is 5.69 Å². The minimum absolute atomic E-state index is 0.0226. The number of fused-ring (bicyclic) bond motifs is 1. The molecular formula is C17H16ClN2OS. The quantitative estimate of drug-likeness (QED) is 0.714. The van der Waals surface area contributed by atoms with E-state index in [1.54, 1.807) is 6.08 Å². The zero-order valence-electron chi connectivity index (χ0n) is 11.9. The van der Waals surface area contributed by atoms with Crippen molar-refractivity contribution in [1.29, 1.82) is 5.41 Å². The van der Waals surface area contributed by atoms with Crippen molar-refractivity contribution in [1.82, 2.24) is 0 Å². The number of amides is 1. The normalized spacial score (nSPS) is 17.0. The lowest BCUT2D eigenvalue weighted by Gasteiger charge is -2.13. The first-order valence-electron chi connectivity index (χ1n) is 7.16. The van der Waals surface area contributed by atoms with Crippen molar-refractivity contribution in [2.75, 3.05) is 5.32 Å². The Morgan fingerprint density at radius 1 is 1.41 bits per heavy atom. The van der Waals surface area contributed by atoms with Gasteiger partial charge in [0.1, 0.15) is 0 Å². The molecule has 1 amide bonds. The monoisotopic (exact) mass is 331 g/mol. The van der Waals surface area contributed by atoms with E-state index in [-0.39, 0.29) is 5.91 Å². The molecule has 2 N–H and O–H groups in total.